The maximum atomic E-state index is 12.8. The predicted octanol–water partition coefficient (Wildman–Crippen LogP) is 16.0. The molecule has 0 aromatic rings. The lowest BCUT2D eigenvalue weighted by Crippen LogP contribution is -2.37. The molecule has 0 heterocycles. The van der Waals surface area contributed by atoms with Crippen molar-refractivity contribution in [1.82, 2.24) is 0 Å². The first-order chi connectivity index (χ1) is 31.6. The molecule has 0 amide bonds. The van der Waals surface area contributed by atoms with Gasteiger partial charge in [-0.25, -0.2) is 0 Å². The van der Waals surface area contributed by atoms with Gasteiger partial charge in [-0.15, -0.1) is 0 Å². The van der Waals surface area contributed by atoms with Gasteiger partial charge in [0.1, 0.15) is 19.3 Å². The number of esters is 1. The molecule has 0 aliphatic heterocycles. The molecule has 0 saturated heterocycles. The summed E-state index contributed by atoms with van der Waals surface area (Å²) in [6.07, 6.45) is 63.6. The van der Waals surface area contributed by atoms with Crippen molar-refractivity contribution in [2.45, 2.75) is 225 Å². The molecule has 0 N–H and O–H groups in total. The Morgan fingerprint density at radius 2 is 0.892 bits per heavy atom. The number of likely N-dealkylation sites (N-methyl/N-ethyl adjacent to an activating group) is 1. The summed E-state index contributed by atoms with van der Waals surface area (Å²) >= 11 is 0. The van der Waals surface area contributed by atoms with E-state index in [1.807, 2.05) is 21.1 Å². The zero-order chi connectivity index (χ0) is 47.6. The highest BCUT2D eigenvalue weighted by Crippen LogP contribution is 2.38. The van der Waals surface area contributed by atoms with Gasteiger partial charge in [-0.1, -0.05) is 202 Å². The molecule has 2 unspecified atom stereocenters. The van der Waals surface area contributed by atoms with Crippen molar-refractivity contribution in [1.29, 1.82) is 0 Å². The molecule has 378 valence electrons. The van der Waals surface area contributed by atoms with Crippen LogP contribution in [0, 0.1) is 0 Å². The van der Waals surface area contributed by atoms with Crippen molar-refractivity contribution in [2.24, 2.45) is 0 Å². The number of rotatable bonds is 49. The van der Waals surface area contributed by atoms with Crippen LogP contribution < -0.4 is 4.89 Å². The highest BCUT2D eigenvalue weighted by atomic mass is 31.2. The van der Waals surface area contributed by atoms with Crippen LogP contribution in [0.1, 0.15) is 219 Å². The first-order valence-electron chi connectivity index (χ1n) is 26.7. The van der Waals surface area contributed by atoms with E-state index in [1.54, 1.807) is 0 Å². The van der Waals surface area contributed by atoms with E-state index in [0.717, 1.165) is 83.5 Å². The fraction of sp³-hybridized carbons (Fsp3) is 0.768. The van der Waals surface area contributed by atoms with E-state index in [1.165, 1.54) is 116 Å². The number of unbranched alkanes of at least 4 members (excludes halogenated alkanes) is 23. The number of phosphoric acid groups is 1. The molecule has 65 heavy (non-hydrogen) atoms. The average Bonchev–Trinajstić information content (AvgIpc) is 3.27. The molecule has 9 heteroatoms. The molecule has 0 aliphatic carbocycles. The molecule has 8 nitrogen and oxygen atoms in total. The van der Waals surface area contributed by atoms with Crippen LogP contribution in [0.5, 0.6) is 0 Å². The van der Waals surface area contributed by atoms with Crippen molar-refractivity contribution in [3.8, 4) is 0 Å². The third-order valence-corrected chi connectivity index (χ3v) is 12.2. The van der Waals surface area contributed by atoms with E-state index < -0.39 is 13.9 Å². The minimum atomic E-state index is -4.54. The average molecular weight is 932 g/mol. The fourth-order valence-electron chi connectivity index (χ4n) is 7.16. The second-order valence-electron chi connectivity index (χ2n) is 18.9. The summed E-state index contributed by atoms with van der Waals surface area (Å²) in [7, 11) is 1.34. The lowest BCUT2D eigenvalue weighted by atomic mass is 10.1. The maximum Gasteiger partial charge on any atom is 0.306 e. The Balaban J connectivity index is 4.17. The summed E-state index contributed by atoms with van der Waals surface area (Å²) in [5, 5.41) is 0. The van der Waals surface area contributed by atoms with Crippen molar-refractivity contribution in [2.75, 3.05) is 54.1 Å². The van der Waals surface area contributed by atoms with Gasteiger partial charge in [-0.05, 0) is 83.5 Å². The molecule has 0 saturated carbocycles. The van der Waals surface area contributed by atoms with E-state index in [-0.39, 0.29) is 32.2 Å². The smallest absolute Gasteiger partial charge is 0.306 e. The van der Waals surface area contributed by atoms with Crippen molar-refractivity contribution in [3.05, 3.63) is 72.9 Å². The van der Waals surface area contributed by atoms with Crippen molar-refractivity contribution >= 4 is 13.8 Å². The summed E-state index contributed by atoms with van der Waals surface area (Å²) in [5.41, 5.74) is 0. The monoisotopic (exact) mass is 932 g/mol. The lowest BCUT2D eigenvalue weighted by molar-refractivity contribution is -0.870. The molecular formula is C56H102NO7P. The number of hydrogen-bond donors (Lipinski definition) is 0. The summed E-state index contributed by atoms with van der Waals surface area (Å²) in [6, 6.07) is 0. The number of allylic oxidation sites excluding steroid dienone is 12. The molecule has 0 radical (unpaired) electrons. The van der Waals surface area contributed by atoms with E-state index in [4.69, 9.17) is 18.5 Å². The van der Waals surface area contributed by atoms with Gasteiger partial charge in [0.15, 0.2) is 0 Å². The zero-order valence-electron chi connectivity index (χ0n) is 42.9. The van der Waals surface area contributed by atoms with E-state index in [9.17, 15) is 14.3 Å². The van der Waals surface area contributed by atoms with Crippen LogP contribution >= 0.6 is 7.82 Å². The second kappa shape index (κ2) is 48.4. The number of phosphoric ester groups is 1. The summed E-state index contributed by atoms with van der Waals surface area (Å²) < 4.78 is 34.8. The number of hydrogen-bond acceptors (Lipinski definition) is 7. The largest absolute Gasteiger partial charge is 0.756 e. The van der Waals surface area contributed by atoms with Gasteiger partial charge in [-0.2, -0.15) is 0 Å². The second-order valence-corrected chi connectivity index (χ2v) is 20.3. The topological polar surface area (TPSA) is 94.1 Å². The van der Waals surface area contributed by atoms with Crippen LogP contribution in [0.15, 0.2) is 72.9 Å². The summed E-state index contributed by atoms with van der Waals surface area (Å²) in [6.45, 7) is 5.28. The molecule has 0 spiro atoms. The number of quaternary nitrogens is 1. The summed E-state index contributed by atoms with van der Waals surface area (Å²) in [4.78, 5) is 25.2. The minimum absolute atomic E-state index is 0.0187. The maximum absolute atomic E-state index is 12.8. The van der Waals surface area contributed by atoms with Crippen LogP contribution in [-0.2, 0) is 27.9 Å². The number of carbonyl (C=O) groups excluding carboxylic acids is 1. The number of ether oxygens (including phenoxy) is 2. The van der Waals surface area contributed by atoms with Crippen molar-refractivity contribution in [3.63, 3.8) is 0 Å². The Labute approximate surface area is 402 Å². The third-order valence-electron chi connectivity index (χ3n) is 11.2. The molecule has 0 aromatic heterocycles. The first kappa shape index (κ1) is 62.9. The fourth-order valence-corrected chi connectivity index (χ4v) is 7.89. The molecular weight excluding hydrogens is 830 g/mol. The Hall–Kier alpha value is -2.06. The highest BCUT2D eigenvalue weighted by molar-refractivity contribution is 7.45. The van der Waals surface area contributed by atoms with Gasteiger partial charge in [0.25, 0.3) is 7.82 Å². The van der Waals surface area contributed by atoms with Gasteiger partial charge in [0.2, 0.25) is 0 Å². The number of carbonyl (C=O) groups is 1. The van der Waals surface area contributed by atoms with Crippen LogP contribution in [0.2, 0.25) is 0 Å². The van der Waals surface area contributed by atoms with Gasteiger partial charge in [0, 0.05) is 13.0 Å². The van der Waals surface area contributed by atoms with E-state index in [0.29, 0.717) is 17.6 Å². The third kappa shape index (κ3) is 52.8. The van der Waals surface area contributed by atoms with Crippen LogP contribution in [0.4, 0.5) is 0 Å². The number of nitrogens with zero attached hydrogens (tertiary/aromatic N) is 1. The van der Waals surface area contributed by atoms with E-state index in [2.05, 4.69) is 86.8 Å². The molecule has 2 atom stereocenters. The Bertz CT molecular complexity index is 1270. The minimum Gasteiger partial charge on any atom is -0.756 e. The zero-order valence-corrected chi connectivity index (χ0v) is 43.8. The molecule has 0 aromatic carbocycles. The Morgan fingerprint density at radius 3 is 1.35 bits per heavy atom. The van der Waals surface area contributed by atoms with Gasteiger partial charge in [0.05, 0.1) is 34.4 Å². The standard InChI is InChI=1S/C56H102NO7P/c1-6-8-10-12-14-16-18-20-22-24-26-28-30-32-34-36-38-40-42-44-46-48-51-61-53-55(54-63-65(59,60)62-52-50-57(3,4)5)64-56(58)49-47-45-43-41-39-37-35-33-31-29-27-25-23-21-19-17-15-13-11-9-7-2/h9,11,15,17,21,23-24,26-27,29,33,35,55H,6-8,10,12-14,16,18-20,22,25,28,30-32,34,36-54H2,1-5H3/b11-9-,17-15-,23-21-,26-24-,29-27-,35-33-. The Morgan fingerprint density at radius 1 is 0.492 bits per heavy atom. The van der Waals surface area contributed by atoms with E-state index >= 15 is 0 Å². The predicted molar refractivity (Wildman–Crippen MR) is 277 cm³/mol. The molecule has 0 rings (SSSR count). The molecule has 0 fully saturated rings. The first-order valence-corrected chi connectivity index (χ1v) is 28.1. The lowest BCUT2D eigenvalue weighted by Gasteiger charge is -2.28. The van der Waals surface area contributed by atoms with Gasteiger partial charge < -0.3 is 27.9 Å². The van der Waals surface area contributed by atoms with Crippen LogP contribution in [-0.4, -0.2) is 70.7 Å². The van der Waals surface area contributed by atoms with Crippen molar-refractivity contribution < 1.29 is 37.3 Å². The van der Waals surface area contributed by atoms with Gasteiger partial charge >= 0.3 is 5.97 Å². The highest BCUT2D eigenvalue weighted by Gasteiger charge is 2.20. The Kier molecular flexibility index (Phi) is 46.9. The molecule has 0 bridgehead atoms. The van der Waals surface area contributed by atoms with Gasteiger partial charge in [-0.3, -0.25) is 9.36 Å². The van der Waals surface area contributed by atoms with Crippen LogP contribution in [0.3, 0.4) is 0 Å². The summed E-state index contributed by atoms with van der Waals surface area (Å²) in [5.74, 6) is -0.353. The normalized spacial score (nSPS) is 14.1. The SMILES string of the molecule is CC/C=C\C/C=C\C/C=C\C/C=C\C/C=C\CCCCCCCC(=O)OC(COCCCCCCCCCCCC/C=C\CCCCCCCCCC)COP(=O)([O-])OCC[N+](C)(C)C. The molecule has 0 aliphatic rings. The quantitative estimate of drug-likeness (QED) is 0.0197. The van der Waals surface area contributed by atoms with Crippen LogP contribution in [0.25, 0.3) is 0 Å².